The number of nitrogens with zero attached hydrogens (tertiary/aromatic N) is 1. The number of rotatable bonds is 4. The molecule has 0 aromatic heterocycles. The number of piperidine rings is 1. The minimum absolute atomic E-state index is 0.0359. The highest BCUT2D eigenvalue weighted by Gasteiger charge is 2.34. The molecule has 168 valence electrons. The summed E-state index contributed by atoms with van der Waals surface area (Å²) in [4.78, 5) is 13.6. The van der Waals surface area contributed by atoms with Crippen LogP contribution in [0, 0.1) is 20.8 Å². The zero-order valence-corrected chi connectivity index (χ0v) is 19.9. The van der Waals surface area contributed by atoms with Crippen LogP contribution < -0.4 is 0 Å². The molecule has 1 heterocycles. The van der Waals surface area contributed by atoms with Gasteiger partial charge in [0, 0.05) is 24.2 Å². The summed E-state index contributed by atoms with van der Waals surface area (Å²) in [6, 6.07) is 22.5. The van der Waals surface area contributed by atoms with Crippen molar-refractivity contribution in [3.8, 4) is 0 Å². The Balaban J connectivity index is 1.77. The quantitative estimate of drug-likeness (QED) is 0.496. The molecule has 0 amide bonds. The summed E-state index contributed by atoms with van der Waals surface area (Å²) in [5.74, 6) is -0.119. The van der Waals surface area contributed by atoms with Crippen molar-refractivity contribution in [2.24, 2.45) is 0 Å². The van der Waals surface area contributed by atoms with E-state index in [2.05, 4.69) is 0 Å². The normalized spacial score (nSPS) is 17.6. The third-order valence-corrected chi connectivity index (χ3v) is 7.58. The molecule has 0 bridgehead atoms. The molecule has 4 nitrogen and oxygen atoms in total. The molecule has 5 heteroatoms. The third-order valence-electron chi connectivity index (χ3n) is 5.77. The zero-order valence-electron chi connectivity index (χ0n) is 19.1. The van der Waals surface area contributed by atoms with Gasteiger partial charge in [0.15, 0.2) is 5.78 Å². The minimum Gasteiger partial charge on any atom is -0.289 e. The smallest absolute Gasteiger partial charge is 0.243 e. The first-order valence-electron chi connectivity index (χ1n) is 10.9. The van der Waals surface area contributed by atoms with Crippen LogP contribution >= 0.6 is 0 Å². The maximum atomic E-state index is 13.5. The Kier molecular flexibility index (Phi) is 6.45. The van der Waals surface area contributed by atoms with Crippen LogP contribution in [-0.4, -0.2) is 31.6 Å². The fourth-order valence-corrected chi connectivity index (χ4v) is 5.16. The van der Waals surface area contributed by atoms with Crippen molar-refractivity contribution in [3.05, 3.63) is 112 Å². The second-order valence-electron chi connectivity index (χ2n) is 8.58. The molecule has 4 rings (SSSR count). The molecule has 0 unspecified atom stereocenters. The number of ketones is 1. The zero-order chi connectivity index (χ0) is 23.6. The molecule has 33 heavy (non-hydrogen) atoms. The number of Topliss-reactive ketones (excluding diaryl/α,β-unsaturated/α-hetero) is 1. The maximum Gasteiger partial charge on any atom is 0.243 e. The highest BCUT2D eigenvalue weighted by molar-refractivity contribution is 7.89. The van der Waals surface area contributed by atoms with Crippen molar-refractivity contribution in [3.63, 3.8) is 0 Å². The van der Waals surface area contributed by atoms with E-state index in [1.54, 1.807) is 36.4 Å². The summed E-state index contributed by atoms with van der Waals surface area (Å²) in [6.07, 6.45) is 3.59. The Morgan fingerprint density at radius 1 is 0.636 bits per heavy atom. The Labute approximate surface area is 195 Å². The number of hydrogen-bond donors (Lipinski definition) is 0. The first-order valence-corrected chi connectivity index (χ1v) is 12.3. The minimum atomic E-state index is -3.77. The van der Waals surface area contributed by atoms with Crippen LogP contribution in [0.1, 0.15) is 27.8 Å². The maximum absolute atomic E-state index is 13.5. The number of benzene rings is 3. The van der Waals surface area contributed by atoms with Crippen molar-refractivity contribution in [2.75, 3.05) is 13.1 Å². The summed E-state index contributed by atoms with van der Waals surface area (Å²) in [7, 11) is -3.77. The molecule has 0 aliphatic carbocycles. The van der Waals surface area contributed by atoms with Gasteiger partial charge in [-0.15, -0.1) is 0 Å². The van der Waals surface area contributed by atoms with Crippen LogP contribution in [-0.2, 0) is 14.8 Å². The fourth-order valence-electron chi connectivity index (χ4n) is 3.77. The van der Waals surface area contributed by atoms with Crippen molar-refractivity contribution in [1.29, 1.82) is 0 Å². The number of carbonyl (C=O) groups excluding carboxylic acids is 1. The first kappa shape index (κ1) is 22.9. The lowest BCUT2D eigenvalue weighted by Gasteiger charge is -2.29. The van der Waals surface area contributed by atoms with Gasteiger partial charge >= 0.3 is 0 Å². The van der Waals surface area contributed by atoms with Crippen LogP contribution in [0.3, 0.4) is 0 Å². The Bertz CT molecular complexity index is 1260. The van der Waals surface area contributed by atoms with Crippen molar-refractivity contribution in [2.45, 2.75) is 25.7 Å². The molecule has 1 aliphatic rings. The van der Waals surface area contributed by atoms with E-state index < -0.39 is 10.0 Å². The number of sulfonamides is 1. The van der Waals surface area contributed by atoms with Gasteiger partial charge in [-0.2, -0.15) is 4.31 Å². The largest absolute Gasteiger partial charge is 0.289 e. The monoisotopic (exact) mass is 457 g/mol. The van der Waals surface area contributed by atoms with Crippen LogP contribution in [0.4, 0.5) is 0 Å². The van der Waals surface area contributed by atoms with E-state index in [1.165, 1.54) is 4.31 Å². The van der Waals surface area contributed by atoms with E-state index in [4.69, 9.17) is 0 Å². The number of hydrogen-bond acceptors (Lipinski definition) is 3. The first-order chi connectivity index (χ1) is 15.7. The molecule has 1 saturated heterocycles. The number of carbonyl (C=O) groups is 1. The third kappa shape index (κ3) is 5.21. The van der Waals surface area contributed by atoms with Gasteiger partial charge in [-0.05, 0) is 56.2 Å². The fraction of sp³-hybridized carbons (Fsp3) is 0.179. The summed E-state index contributed by atoms with van der Waals surface area (Å²) >= 11 is 0. The van der Waals surface area contributed by atoms with E-state index in [1.807, 2.05) is 69.3 Å². The van der Waals surface area contributed by atoms with Gasteiger partial charge in [0.2, 0.25) is 10.0 Å². The average Bonchev–Trinajstić information content (AvgIpc) is 2.79. The van der Waals surface area contributed by atoms with Gasteiger partial charge in [0.05, 0.1) is 4.90 Å². The summed E-state index contributed by atoms with van der Waals surface area (Å²) in [5, 5.41) is 0. The van der Waals surface area contributed by atoms with Gasteiger partial charge in [0.25, 0.3) is 0 Å². The summed E-state index contributed by atoms with van der Waals surface area (Å²) in [5.41, 5.74) is 5.88. The van der Waals surface area contributed by atoms with Crippen molar-refractivity contribution >= 4 is 28.0 Å². The molecular formula is C28H27NO3S. The molecule has 0 saturated carbocycles. The highest BCUT2D eigenvalue weighted by Crippen LogP contribution is 2.27. The van der Waals surface area contributed by atoms with E-state index >= 15 is 0 Å². The molecule has 3 aromatic carbocycles. The summed E-state index contributed by atoms with van der Waals surface area (Å²) < 4.78 is 28.3. The van der Waals surface area contributed by atoms with E-state index in [-0.39, 0.29) is 23.8 Å². The van der Waals surface area contributed by atoms with Crippen LogP contribution in [0.5, 0.6) is 0 Å². The molecule has 3 aromatic rings. The lowest BCUT2D eigenvalue weighted by Crippen LogP contribution is -2.41. The Morgan fingerprint density at radius 3 is 1.39 bits per heavy atom. The molecule has 1 aliphatic heterocycles. The predicted molar refractivity (Wildman–Crippen MR) is 133 cm³/mol. The van der Waals surface area contributed by atoms with E-state index in [0.29, 0.717) is 11.1 Å². The molecule has 0 radical (unpaired) electrons. The molecule has 0 atom stereocenters. The van der Waals surface area contributed by atoms with Gasteiger partial charge in [-0.3, -0.25) is 4.79 Å². The molecular weight excluding hydrogens is 430 g/mol. The number of aryl methyl sites for hydroxylation is 3. The van der Waals surface area contributed by atoms with Gasteiger partial charge in [-0.25, -0.2) is 8.42 Å². The van der Waals surface area contributed by atoms with E-state index in [9.17, 15) is 13.2 Å². The van der Waals surface area contributed by atoms with Crippen LogP contribution in [0.15, 0.2) is 88.8 Å². The topological polar surface area (TPSA) is 54.5 Å². The summed E-state index contributed by atoms with van der Waals surface area (Å²) in [6.45, 7) is 5.99. The SMILES string of the molecule is Cc1ccc(/C=C2\CN(S(=O)(=O)c3ccc(C)cc3)C/C(=C\c3ccc(C)cc3)C2=O)cc1. The average molecular weight is 458 g/mol. The molecule has 0 spiro atoms. The second kappa shape index (κ2) is 9.30. The van der Waals surface area contributed by atoms with Crippen molar-refractivity contribution in [1.82, 2.24) is 4.31 Å². The van der Waals surface area contributed by atoms with Crippen LogP contribution in [0.25, 0.3) is 12.2 Å². The molecule has 0 N–H and O–H groups in total. The van der Waals surface area contributed by atoms with Crippen molar-refractivity contribution < 1.29 is 13.2 Å². The Morgan fingerprint density at radius 2 is 1.00 bits per heavy atom. The second-order valence-corrected chi connectivity index (χ2v) is 10.5. The predicted octanol–water partition coefficient (Wildman–Crippen LogP) is 5.35. The molecule has 1 fully saturated rings. The Hall–Kier alpha value is -3.28. The lowest BCUT2D eigenvalue weighted by atomic mass is 9.95. The van der Waals surface area contributed by atoms with Gasteiger partial charge in [-0.1, -0.05) is 77.4 Å². The van der Waals surface area contributed by atoms with E-state index in [0.717, 1.165) is 27.8 Å². The van der Waals surface area contributed by atoms with Crippen LogP contribution in [0.2, 0.25) is 0 Å². The van der Waals surface area contributed by atoms with Gasteiger partial charge in [0.1, 0.15) is 0 Å². The van der Waals surface area contributed by atoms with Gasteiger partial charge < -0.3 is 0 Å². The standard InChI is InChI=1S/C28H27NO3S/c1-20-4-10-23(11-5-20)16-25-18-29(33(31,32)27-14-8-22(3)9-15-27)19-26(28(25)30)17-24-12-6-21(2)7-13-24/h4-17H,18-19H2,1-3H3/b25-16+,26-17+. The highest BCUT2D eigenvalue weighted by atomic mass is 32.2. The lowest BCUT2D eigenvalue weighted by molar-refractivity contribution is -0.113.